The predicted octanol–water partition coefficient (Wildman–Crippen LogP) is 3.99. The number of nitrogens with zero attached hydrogens (tertiary/aromatic N) is 1. The summed E-state index contributed by atoms with van der Waals surface area (Å²) < 4.78 is 28.5. The van der Waals surface area contributed by atoms with E-state index in [4.69, 9.17) is 14.0 Å². The summed E-state index contributed by atoms with van der Waals surface area (Å²) in [6, 6.07) is 13.9. The van der Waals surface area contributed by atoms with Crippen LogP contribution in [-0.4, -0.2) is 30.2 Å². The standard InChI is InChI=1S/C23H23FN2O5/c1-14(2)21(23(28)29-3)25-22(27)20-12-19(26-31-20)16-6-10-18(11-7-16)30-13-15-4-8-17(24)9-5-15/h4-12,14,21H,13H2,1-3H3,(H,25,27)/t21-/m0/s1. The van der Waals surface area contributed by atoms with Gasteiger partial charge < -0.3 is 19.3 Å². The largest absolute Gasteiger partial charge is 0.489 e. The van der Waals surface area contributed by atoms with Crippen LogP contribution in [0.2, 0.25) is 0 Å². The molecule has 3 aromatic rings. The lowest BCUT2D eigenvalue weighted by atomic mass is 10.0. The minimum absolute atomic E-state index is 0.0128. The summed E-state index contributed by atoms with van der Waals surface area (Å²) in [5.74, 6) is -0.907. The van der Waals surface area contributed by atoms with Crippen molar-refractivity contribution in [2.24, 2.45) is 5.92 Å². The molecule has 0 saturated carbocycles. The molecule has 0 bridgehead atoms. The van der Waals surface area contributed by atoms with Crippen molar-refractivity contribution < 1.29 is 28.0 Å². The lowest BCUT2D eigenvalue weighted by Crippen LogP contribution is -2.44. The van der Waals surface area contributed by atoms with E-state index in [1.165, 1.54) is 25.3 Å². The summed E-state index contributed by atoms with van der Waals surface area (Å²) >= 11 is 0. The van der Waals surface area contributed by atoms with Crippen LogP contribution in [0.15, 0.2) is 59.1 Å². The van der Waals surface area contributed by atoms with E-state index in [9.17, 15) is 14.0 Å². The Hall–Kier alpha value is -3.68. The third kappa shape index (κ3) is 5.69. The third-order valence-electron chi connectivity index (χ3n) is 4.61. The van der Waals surface area contributed by atoms with E-state index in [0.717, 1.165) is 11.1 Å². The summed E-state index contributed by atoms with van der Waals surface area (Å²) in [5, 5.41) is 6.53. The van der Waals surface area contributed by atoms with Crippen molar-refractivity contribution in [3.8, 4) is 17.0 Å². The maximum Gasteiger partial charge on any atom is 0.328 e. The van der Waals surface area contributed by atoms with Gasteiger partial charge in [-0.2, -0.15) is 0 Å². The molecule has 31 heavy (non-hydrogen) atoms. The molecule has 0 aliphatic heterocycles. The second kappa shape index (κ2) is 9.88. The van der Waals surface area contributed by atoms with E-state index in [1.54, 1.807) is 50.2 Å². The molecule has 8 heteroatoms. The Labute approximate surface area is 179 Å². The molecular weight excluding hydrogens is 403 g/mol. The van der Waals surface area contributed by atoms with E-state index in [1.807, 2.05) is 0 Å². The van der Waals surface area contributed by atoms with Gasteiger partial charge in [0.05, 0.1) is 7.11 Å². The van der Waals surface area contributed by atoms with Crippen LogP contribution >= 0.6 is 0 Å². The Morgan fingerprint density at radius 1 is 1.10 bits per heavy atom. The molecule has 0 unspecified atom stereocenters. The molecule has 0 saturated heterocycles. The Morgan fingerprint density at radius 2 is 1.77 bits per heavy atom. The van der Waals surface area contributed by atoms with Crippen LogP contribution in [-0.2, 0) is 16.1 Å². The van der Waals surface area contributed by atoms with Gasteiger partial charge in [-0.1, -0.05) is 31.1 Å². The zero-order valence-electron chi connectivity index (χ0n) is 17.4. The smallest absolute Gasteiger partial charge is 0.328 e. The van der Waals surface area contributed by atoms with E-state index < -0.39 is 17.9 Å². The molecule has 3 rings (SSSR count). The Morgan fingerprint density at radius 3 is 2.39 bits per heavy atom. The van der Waals surface area contributed by atoms with Crippen LogP contribution in [0.4, 0.5) is 4.39 Å². The molecule has 7 nitrogen and oxygen atoms in total. The molecule has 1 amide bonds. The molecule has 0 aliphatic rings. The summed E-state index contributed by atoms with van der Waals surface area (Å²) in [6.07, 6.45) is 0. The number of hydrogen-bond donors (Lipinski definition) is 1. The third-order valence-corrected chi connectivity index (χ3v) is 4.61. The summed E-state index contributed by atoms with van der Waals surface area (Å²) in [7, 11) is 1.27. The van der Waals surface area contributed by atoms with Crippen molar-refractivity contribution >= 4 is 11.9 Å². The lowest BCUT2D eigenvalue weighted by Gasteiger charge is -2.18. The number of carbonyl (C=O) groups is 2. The van der Waals surface area contributed by atoms with E-state index >= 15 is 0 Å². The highest BCUT2D eigenvalue weighted by Gasteiger charge is 2.27. The van der Waals surface area contributed by atoms with Crippen molar-refractivity contribution in [3.05, 3.63) is 71.7 Å². The first-order chi connectivity index (χ1) is 14.9. The first-order valence-corrected chi connectivity index (χ1v) is 9.70. The van der Waals surface area contributed by atoms with Gasteiger partial charge in [0.25, 0.3) is 5.91 Å². The number of hydrogen-bond acceptors (Lipinski definition) is 6. The van der Waals surface area contributed by atoms with Crippen LogP contribution in [0.1, 0.15) is 30.0 Å². The number of carbonyl (C=O) groups excluding carboxylic acids is 2. The van der Waals surface area contributed by atoms with Gasteiger partial charge in [0.15, 0.2) is 0 Å². The molecule has 0 radical (unpaired) electrons. The number of methoxy groups -OCH3 is 1. The van der Waals surface area contributed by atoms with Crippen LogP contribution in [0, 0.1) is 11.7 Å². The van der Waals surface area contributed by atoms with Gasteiger partial charge in [0, 0.05) is 11.6 Å². The Kier molecular flexibility index (Phi) is 7.02. The van der Waals surface area contributed by atoms with Crippen LogP contribution in [0.3, 0.4) is 0 Å². The number of aromatic nitrogens is 1. The highest BCUT2D eigenvalue weighted by molar-refractivity contribution is 5.95. The fraction of sp³-hybridized carbons (Fsp3) is 0.261. The molecule has 162 valence electrons. The minimum Gasteiger partial charge on any atom is -0.489 e. The van der Waals surface area contributed by atoms with Crippen LogP contribution in [0.5, 0.6) is 5.75 Å². The number of amides is 1. The second-order valence-corrected chi connectivity index (χ2v) is 7.23. The molecular formula is C23H23FN2O5. The molecule has 1 aromatic heterocycles. The van der Waals surface area contributed by atoms with Gasteiger partial charge in [0.2, 0.25) is 5.76 Å². The Bertz CT molecular complexity index is 1030. The molecule has 1 N–H and O–H groups in total. The van der Waals surface area contributed by atoms with Gasteiger partial charge in [0.1, 0.15) is 29.9 Å². The van der Waals surface area contributed by atoms with Gasteiger partial charge in [-0.3, -0.25) is 4.79 Å². The number of esters is 1. The monoisotopic (exact) mass is 426 g/mol. The number of nitrogens with one attached hydrogen (secondary N) is 1. The first kappa shape index (κ1) is 22.0. The topological polar surface area (TPSA) is 90.7 Å². The Balaban J connectivity index is 1.63. The van der Waals surface area contributed by atoms with E-state index in [-0.39, 0.29) is 17.5 Å². The fourth-order valence-corrected chi connectivity index (χ4v) is 2.82. The normalized spacial score (nSPS) is 11.8. The van der Waals surface area contributed by atoms with Gasteiger partial charge in [-0.05, 0) is 47.9 Å². The lowest BCUT2D eigenvalue weighted by molar-refractivity contribution is -0.144. The molecule has 2 aromatic carbocycles. The average Bonchev–Trinajstić information content (AvgIpc) is 3.27. The van der Waals surface area contributed by atoms with E-state index in [2.05, 4.69) is 10.5 Å². The number of ether oxygens (including phenoxy) is 2. The molecule has 0 fully saturated rings. The summed E-state index contributed by atoms with van der Waals surface area (Å²) in [4.78, 5) is 24.2. The molecule has 1 heterocycles. The van der Waals surface area contributed by atoms with Gasteiger partial charge in [-0.25, -0.2) is 9.18 Å². The second-order valence-electron chi connectivity index (χ2n) is 7.23. The highest BCUT2D eigenvalue weighted by atomic mass is 19.1. The SMILES string of the molecule is COC(=O)[C@@H](NC(=O)c1cc(-c2ccc(OCc3ccc(F)cc3)cc2)no1)C(C)C. The molecule has 1 atom stereocenters. The fourth-order valence-electron chi connectivity index (χ4n) is 2.82. The van der Waals surface area contributed by atoms with Gasteiger partial charge >= 0.3 is 5.97 Å². The average molecular weight is 426 g/mol. The van der Waals surface area contributed by atoms with Crippen molar-refractivity contribution in [1.82, 2.24) is 10.5 Å². The summed E-state index contributed by atoms with van der Waals surface area (Å²) in [5.41, 5.74) is 2.05. The zero-order chi connectivity index (χ0) is 22.4. The van der Waals surface area contributed by atoms with Gasteiger partial charge in [-0.15, -0.1) is 0 Å². The molecule has 0 aliphatic carbocycles. The number of benzene rings is 2. The quantitative estimate of drug-likeness (QED) is 0.548. The van der Waals surface area contributed by atoms with Crippen LogP contribution < -0.4 is 10.1 Å². The zero-order valence-corrected chi connectivity index (χ0v) is 17.4. The maximum absolute atomic E-state index is 13.0. The van der Waals surface area contributed by atoms with Crippen molar-refractivity contribution in [2.75, 3.05) is 7.11 Å². The predicted molar refractivity (Wildman–Crippen MR) is 111 cm³/mol. The first-order valence-electron chi connectivity index (χ1n) is 9.70. The summed E-state index contributed by atoms with van der Waals surface area (Å²) in [6.45, 7) is 3.91. The van der Waals surface area contributed by atoms with E-state index in [0.29, 0.717) is 18.1 Å². The number of halogens is 1. The molecule has 0 spiro atoms. The van der Waals surface area contributed by atoms with Crippen molar-refractivity contribution in [2.45, 2.75) is 26.5 Å². The van der Waals surface area contributed by atoms with Crippen molar-refractivity contribution in [1.29, 1.82) is 0 Å². The minimum atomic E-state index is -0.788. The van der Waals surface area contributed by atoms with Crippen LogP contribution in [0.25, 0.3) is 11.3 Å². The number of rotatable bonds is 8. The van der Waals surface area contributed by atoms with Crippen molar-refractivity contribution in [3.63, 3.8) is 0 Å². The highest BCUT2D eigenvalue weighted by Crippen LogP contribution is 2.23. The maximum atomic E-state index is 13.0.